The summed E-state index contributed by atoms with van der Waals surface area (Å²) in [5.74, 6) is 0. The molecule has 0 aliphatic rings. The molecule has 0 unspecified atom stereocenters. The molecule has 0 fully saturated rings. The Morgan fingerprint density at radius 3 is 1.68 bits per heavy atom. The van der Waals surface area contributed by atoms with Crippen LogP contribution in [-0.4, -0.2) is 9.38 Å². The number of pyridine rings is 1. The van der Waals surface area contributed by atoms with Crippen molar-refractivity contribution in [1.29, 1.82) is 0 Å². The molecule has 4 heterocycles. The number of benzene rings is 10. The molecule has 4 aromatic heterocycles. The molecule has 14 aromatic rings. The molecule has 0 aliphatic carbocycles. The molecule has 14 rings (SSSR count). The smallest absolute Gasteiger partial charge is 0.156 e. The Morgan fingerprint density at radius 1 is 0.381 bits per heavy atom. The second-order valence-electron chi connectivity index (χ2n) is 16.6. The zero-order valence-electron chi connectivity index (χ0n) is 33.8. The number of imidazole rings is 1. The van der Waals surface area contributed by atoms with Crippen molar-refractivity contribution in [2.24, 2.45) is 0 Å². The molecule has 3 nitrogen and oxygen atoms in total. The average Bonchev–Trinajstić information content (AvgIpc) is 4.06. The summed E-state index contributed by atoms with van der Waals surface area (Å²) in [7, 11) is 0. The Bertz CT molecular complexity index is 4190. The third kappa shape index (κ3) is 5.10. The third-order valence-electron chi connectivity index (χ3n) is 13.2. The van der Waals surface area contributed by atoms with Crippen molar-refractivity contribution in [3.63, 3.8) is 0 Å². The summed E-state index contributed by atoms with van der Waals surface area (Å²) < 4.78 is 11.3. The summed E-state index contributed by atoms with van der Waals surface area (Å²) in [6, 6.07) is 74.9. The van der Waals surface area contributed by atoms with E-state index in [0.29, 0.717) is 0 Å². The highest BCUT2D eigenvalue weighted by Gasteiger charge is 2.20. The van der Waals surface area contributed by atoms with Gasteiger partial charge in [0, 0.05) is 37.2 Å². The number of furan rings is 1. The van der Waals surface area contributed by atoms with E-state index in [0.717, 1.165) is 61.0 Å². The third-order valence-corrected chi connectivity index (χ3v) is 14.5. The SMILES string of the molecule is c1ccc2c(c1)ccc1c2nc2c3sc4c5ccccc5ccc4c3cc(-c3ccc(-c4ccc(-c5ccc(-c6cccc7c6oc6ccccc67)cc5)c5ccccc45)cc3)n12. The van der Waals surface area contributed by atoms with Gasteiger partial charge in [-0.1, -0.05) is 188 Å². The summed E-state index contributed by atoms with van der Waals surface area (Å²) in [5.41, 5.74) is 14.3. The number of aromatic nitrogens is 2. The minimum atomic E-state index is 0.915. The van der Waals surface area contributed by atoms with E-state index in [4.69, 9.17) is 9.40 Å². The predicted molar refractivity (Wildman–Crippen MR) is 267 cm³/mol. The first-order valence-electron chi connectivity index (χ1n) is 21.4. The van der Waals surface area contributed by atoms with Crippen molar-refractivity contribution in [1.82, 2.24) is 9.38 Å². The van der Waals surface area contributed by atoms with E-state index >= 15 is 0 Å². The van der Waals surface area contributed by atoms with E-state index < -0.39 is 0 Å². The number of fused-ring (bicyclic) bond motifs is 15. The quantitative estimate of drug-likeness (QED) is 0.177. The van der Waals surface area contributed by atoms with Crippen LogP contribution in [-0.2, 0) is 0 Å². The fourth-order valence-corrected chi connectivity index (χ4v) is 11.5. The van der Waals surface area contributed by atoms with Crippen LogP contribution in [0, 0.1) is 0 Å². The van der Waals surface area contributed by atoms with Crippen LogP contribution in [0.15, 0.2) is 211 Å². The molecular weight excluding hydrogens is 785 g/mol. The molecule has 292 valence electrons. The number of hydrogen-bond acceptors (Lipinski definition) is 3. The normalized spacial score (nSPS) is 12.1. The van der Waals surface area contributed by atoms with E-state index in [2.05, 4.69) is 199 Å². The molecule has 0 saturated heterocycles. The van der Waals surface area contributed by atoms with E-state index in [9.17, 15) is 0 Å². The molecule has 0 atom stereocenters. The van der Waals surface area contributed by atoms with E-state index in [-0.39, 0.29) is 0 Å². The van der Waals surface area contributed by atoms with Gasteiger partial charge in [-0.05, 0) is 78.5 Å². The maximum atomic E-state index is 6.38. The second-order valence-corrected chi connectivity index (χ2v) is 17.6. The van der Waals surface area contributed by atoms with Crippen LogP contribution >= 0.6 is 11.3 Å². The van der Waals surface area contributed by atoms with E-state index in [1.165, 1.54) is 74.7 Å². The molecule has 4 heteroatoms. The molecule has 0 bridgehead atoms. The summed E-state index contributed by atoms with van der Waals surface area (Å²) in [6.45, 7) is 0. The Kier molecular flexibility index (Phi) is 7.27. The van der Waals surface area contributed by atoms with Gasteiger partial charge in [-0.2, -0.15) is 0 Å². The summed E-state index contributed by atoms with van der Waals surface area (Å²) in [6.07, 6.45) is 0. The Labute approximate surface area is 365 Å². The molecular formula is C59H34N2OS. The minimum absolute atomic E-state index is 0.915. The summed E-state index contributed by atoms with van der Waals surface area (Å²) in [5, 5.41) is 12.2. The summed E-state index contributed by atoms with van der Waals surface area (Å²) in [4.78, 5) is 5.47. The van der Waals surface area contributed by atoms with Crippen molar-refractivity contribution < 1.29 is 4.42 Å². The Hall–Kier alpha value is -8.05. The van der Waals surface area contributed by atoms with Gasteiger partial charge in [0.25, 0.3) is 0 Å². The zero-order valence-corrected chi connectivity index (χ0v) is 34.7. The zero-order chi connectivity index (χ0) is 41.2. The summed E-state index contributed by atoms with van der Waals surface area (Å²) >= 11 is 1.86. The lowest BCUT2D eigenvalue weighted by Crippen LogP contribution is -1.93. The molecule has 0 radical (unpaired) electrons. The van der Waals surface area contributed by atoms with Crippen LogP contribution in [0.2, 0.25) is 0 Å². The number of para-hydroxylation sites is 2. The lowest BCUT2D eigenvalue weighted by atomic mass is 9.91. The fourth-order valence-electron chi connectivity index (χ4n) is 10.2. The van der Waals surface area contributed by atoms with Crippen LogP contribution in [0.1, 0.15) is 0 Å². The highest BCUT2D eigenvalue weighted by molar-refractivity contribution is 7.27. The predicted octanol–water partition coefficient (Wildman–Crippen LogP) is 16.9. The van der Waals surface area contributed by atoms with E-state index in [1.54, 1.807) is 0 Å². The molecule has 0 N–H and O–H groups in total. The Balaban J connectivity index is 0.888. The lowest BCUT2D eigenvalue weighted by Gasteiger charge is -2.14. The molecule has 0 amide bonds. The molecule has 0 spiro atoms. The molecule has 0 aliphatic heterocycles. The maximum absolute atomic E-state index is 6.38. The number of rotatable bonds is 4. The van der Waals surface area contributed by atoms with Crippen LogP contribution in [0.3, 0.4) is 0 Å². The minimum Gasteiger partial charge on any atom is -0.455 e. The Morgan fingerprint density at radius 2 is 0.952 bits per heavy atom. The average molecular weight is 819 g/mol. The van der Waals surface area contributed by atoms with Gasteiger partial charge in [0.05, 0.1) is 21.4 Å². The van der Waals surface area contributed by atoms with Crippen molar-refractivity contribution >= 4 is 102 Å². The number of hydrogen-bond donors (Lipinski definition) is 0. The lowest BCUT2D eigenvalue weighted by molar-refractivity contribution is 0.670. The first kappa shape index (κ1) is 34.6. The second kappa shape index (κ2) is 13.2. The highest BCUT2D eigenvalue weighted by Crippen LogP contribution is 2.45. The van der Waals surface area contributed by atoms with Crippen LogP contribution in [0.5, 0.6) is 0 Å². The van der Waals surface area contributed by atoms with Crippen molar-refractivity contribution in [3.8, 4) is 44.6 Å². The molecule has 0 saturated carbocycles. The van der Waals surface area contributed by atoms with Crippen molar-refractivity contribution in [2.75, 3.05) is 0 Å². The van der Waals surface area contributed by atoms with Gasteiger partial charge in [0.2, 0.25) is 0 Å². The van der Waals surface area contributed by atoms with Gasteiger partial charge >= 0.3 is 0 Å². The van der Waals surface area contributed by atoms with Crippen LogP contribution in [0.25, 0.3) is 136 Å². The first-order valence-corrected chi connectivity index (χ1v) is 22.3. The van der Waals surface area contributed by atoms with Crippen molar-refractivity contribution in [3.05, 3.63) is 206 Å². The van der Waals surface area contributed by atoms with E-state index in [1.807, 2.05) is 23.5 Å². The monoisotopic (exact) mass is 818 g/mol. The van der Waals surface area contributed by atoms with Gasteiger partial charge in [-0.15, -0.1) is 11.3 Å². The maximum Gasteiger partial charge on any atom is 0.156 e. The highest BCUT2D eigenvalue weighted by atomic mass is 32.1. The molecule has 10 aromatic carbocycles. The molecule has 63 heavy (non-hydrogen) atoms. The standard InChI is InChI=1S/C59H34N2OS/c1-3-12-43-35(10-1)29-33-52-55(43)60-59-58-51(50-30-28-36-11-2-4-13-45(36)57(50)63-58)34-53(61(52)59)40-26-24-38(25-27-40)42-32-31-41(46-14-5-6-15-47(42)46)37-20-22-39(23-21-37)44-17-9-18-49-48-16-7-8-19-54(48)62-56(44)49/h1-34H. The van der Waals surface area contributed by atoms with Gasteiger partial charge in [-0.25, -0.2) is 4.98 Å². The van der Waals surface area contributed by atoms with Gasteiger partial charge in [-0.3, -0.25) is 4.40 Å². The topological polar surface area (TPSA) is 30.4 Å². The van der Waals surface area contributed by atoms with Crippen molar-refractivity contribution in [2.45, 2.75) is 0 Å². The van der Waals surface area contributed by atoms with Gasteiger partial charge in [0.1, 0.15) is 11.2 Å². The van der Waals surface area contributed by atoms with Crippen LogP contribution < -0.4 is 0 Å². The number of nitrogens with zero attached hydrogens (tertiary/aromatic N) is 2. The van der Waals surface area contributed by atoms with Gasteiger partial charge < -0.3 is 4.42 Å². The van der Waals surface area contributed by atoms with Crippen LogP contribution in [0.4, 0.5) is 0 Å². The first-order chi connectivity index (χ1) is 31.2. The van der Waals surface area contributed by atoms with Gasteiger partial charge in [0.15, 0.2) is 5.65 Å². The number of thiophene rings is 1. The fraction of sp³-hybridized carbons (Fsp3) is 0. The largest absolute Gasteiger partial charge is 0.455 e.